The Morgan fingerprint density at radius 2 is 1.48 bits per heavy atom. The molecule has 0 bridgehead atoms. The van der Waals surface area contributed by atoms with Crippen LogP contribution in [0.3, 0.4) is 0 Å². The van der Waals surface area contributed by atoms with Crippen LogP contribution in [0, 0.1) is 13.8 Å². The van der Waals surface area contributed by atoms with Crippen molar-refractivity contribution in [1.29, 1.82) is 0 Å². The molecule has 0 aliphatic rings. The standard InChI is InChI=1S/C24H20O6S/c1-15-4-11-20(12-5-15)31(26,27)30-19-10-13-22-21(14-19)16(2)23(24(25)29-22)17-6-8-18(28-3)9-7-17/h4-14H,1-3H3. The fraction of sp³-hybridized carbons (Fsp3) is 0.125. The minimum absolute atomic E-state index is 0.0634. The molecule has 0 saturated carbocycles. The zero-order valence-corrected chi connectivity index (χ0v) is 18.0. The summed E-state index contributed by atoms with van der Waals surface area (Å²) >= 11 is 0. The Hall–Kier alpha value is -3.58. The number of fused-ring (bicyclic) bond motifs is 1. The normalized spacial score (nSPS) is 11.5. The second kappa shape index (κ2) is 7.92. The van der Waals surface area contributed by atoms with Crippen molar-refractivity contribution < 1.29 is 21.8 Å². The van der Waals surface area contributed by atoms with Gasteiger partial charge in [-0.1, -0.05) is 29.8 Å². The maximum atomic E-state index is 12.6. The molecule has 7 heteroatoms. The first-order valence-corrected chi connectivity index (χ1v) is 10.9. The van der Waals surface area contributed by atoms with Crippen molar-refractivity contribution in [3.8, 4) is 22.6 Å². The van der Waals surface area contributed by atoms with E-state index in [2.05, 4.69) is 0 Å². The SMILES string of the molecule is COc1ccc(-c2c(C)c3cc(OS(=O)(=O)c4ccc(C)cc4)ccc3oc2=O)cc1. The van der Waals surface area contributed by atoms with Gasteiger partial charge in [-0.25, -0.2) is 4.79 Å². The second-order valence-corrected chi connectivity index (χ2v) is 8.67. The predicted molar refractivity (Wildman–Crippen MR) is 118 cm³/mol. The highest BCUT2D eigenvalue weighted by Crippen LogP contribution is 2.31. The van der Waals surface area contributed by atoms with Gasteiger partial charge in [0.1, 0.15) is 22.0 Å². The molecule has 0 fully saturated rings. The van der Waals surface area contributed by atoms with Crippen molar-refractivity contribution in [2.75, 3.05) is 7.11 Å². The second-order valence-electron chi connectivity index (χ2n) is 7.13. The summed E-state index contributed by atoms with van der Waals surface area (Å²) in [6.45, 7) is 3.66. The van der Waals surface area contributed by atoms with Crippen LogP contribution in [0.5, 0.6) is 11.5 Å². The fourth-order valence-electron chi connectivity index (χ4n) is 3.35. The van der Waals surface area contributed by atoms with Crippen molar-refractivity contribution in [3.63, 3.8) is 0 Å². The molecule has 0 N–H and O–H groups in total. The van der Waals surface area contributed by atoms with Crippen LogP contribution in [-0.4, -0.2) is 15.5 Å². The van der Waals surface area contributed by atoms with Crippen LogP contribution in [0.1, 0.15) is 11.1 Å². The maximum absolute atomic E-state index is 12.6. The summed E-state index contributed by atoms with van der Waals surface area (Å²) in [7, 11) is -2.43. The summed E-state index contributed by atoms with van der Waals surface area (Å²) < 4.78 is 41.2. The van der Waals surface area contributed by atoms with Crippen molar-refractivity contribution >= 4 is 21.1 Å². The van der Waals surface area contributed by atoms with E-state index in [1.165, 1.54) is 24.3 Å². The van der Waals surface area contributed by atoms with Gasteiger partial charge in [0.25, 0.3) is 0 Å². The molecule has 4 aromatic rings. The van der Waals surface area contributed by atoms with E-state index in [9.17, 15) is 13.2 Å². The van der Waals surface area contributed by atoms with Gasteiger partial charge in [0.2, 0.25) is 0 Å². The average Bonchev–Trinajstić information content (AvgIpc) is 2.75. The third-order valence-corrected chi connectivity index (χ3v) is 6.29. The average molecular weight is 436 g/mol. The van der Waals surface area contributed by atoms with Gasteiger partial charge >= 0.3 is 15.7 Å². The smallest absolute Gasteiger partial charge is 0.344 e. The van der Waals surface area contributed by atoms with E-state index in [-0.39, 0.29) is 10.6 Å². The molecule has 0 unspecified atom stereocenters. The summed E-state index contributed by atoms with van der Waals surface area (Å²) in [6.07, 6.45) is 0. The first-order chi connectivity index (χ1) is 14.8. The summed E-state index contributed by atoms with van der Waals surface area (Å²) in [4.78, 5) is 12.7. The lowest BCUT2D eigenvalue weighted by molar-refractivity contribution is 0.415. The van der Waals surface area contributed by atoms with Crippen molar-refractivity contribution in [1.82, 2.24) is 0 Å². The Labute approximate surface area is 179 Å². The van der Waals surface area contributed by atoms with Crippen molar-refractivity contribution in [2.24, 2.45) is 0 Å². The molecule has 0 amide bonds. The van der Waals surface area contributed by atoms with Gasteiger partial charge in [-0.2, -0.15) is 8.42 Å². The van der Waals surface area contributed by atoms with Crippen LogP contribution in [0.25, 0.3) is 22.1 Å². The summed E-state index contributed by atoms with van der Waals surface area (Å²) in [5, 5.41) is 0.585. The number of rotatable bonds is 5. The Kier molecular flexibility index (Phi) is 5.29. The molecular formula is C24H20O6S. The van der Waals surface area contributed by atoms with E-state index in [4.69, 9.17) is 13.3 Å². The maximum Gasteiger partial charge on any atom is 0.344 e. The molecule has 31 heavy (non-hydrogen) atoms. The number of hydrogen-bond acceptors (Lipinski definition) is 6. The number of aryl methyl sites for hydroxylation is 2. The molecule has 6 nitrogen and oxygen atoms in total. The zero-order chi connectivity index (χ0) is 22.2. The first-order valence-electron chi connectivity index (χ1n) is 9.51. The summed E-state index contributed by atoms with van der Waals surface area (Å²) in [5.74, 6) is 0.800. The van der Waals surface area contributed by atoms with Crippen molar-refractivity contribution in [3.05, 3.63) is 88.3 Å². The molecule has 0 aliphatic carbocycles. The van der Waals surface area contributed by atoms with Crippen LogP contribution in [0.4, 0.5) is 0 Å². The van der Waals surface area contributed by atoms with Gasteiger partial charge in [0, 0.05) is 5.39 Å². The Morgan fingerprint density at radius 3 is 2.13 bits per heavy atom. The minimum atomic E-state index is -4.00. The zero-order valence-electron chi connectivity index (χ0n) is 17.2. The minimum Gasteiger partial charge on any atom is -0.497 e. The largest absolute Gasteiger partial charge is 0.497 e. The first kappa shape index (κ1) is 20.7. The van der Waals surface area contributed by atoms with Crippen LogP contribution >= 0.6 is 0 Å². The number of benzene rings is 3. The lowest BCUT2D eigenvalue weighted by Gasteiger charge is -2.11. The van der Waals surface area contributed by atoms with Crippen molar-refractivity contribution in [2.45, 2.75) is 18.7 Å². The molecular weight excluding hydrogens is 416 g/mol. The summed E-state index contributed by atoms with van der Waals surface area (Å²) in [6, 6.07) is 18.0. The van der Waals surface area contributed by atoms with E-state index >= 15 is 0 Å². The molecule has 0 spiro atoms. The highest BCUT2D eigenvalue weighted by molar-refractivity contribution is 7.87. The van der Waals surface area contributed by atoms with Gasteiger partial charge in [-0.3, -0.25) is 0 Å². The van der Waals surface area contributed by atoms with Crippen LogP contribution in [0.15, 0.2) is 80.8 Å². The fourth-order valence-corrected chi connectivity index (χ4v) is 4.28. The highest BCUT2D eigenvalue weighted by Gasteiger charge is 2.19. The number of hydrogen-bond donors (Lipinski definition) is 0. The molecule has 158 valence electrons. The molecule has 0 saturated heterocycles. The number of methoxy groups -OCH3 is 1. The molecule has 0 aliphatic heterocycles. The molecule has 1 heterocycles. The highest BCUT2D eigenvalue weighted by atomic mass is 32.2. The Morgan fingerprint density at radius 1 is 0.839 bits per heavy atom. The van der Waals surface area contributed by atoms with E-state index in [0.717, 1.165) is 5.56 Å². The topological polar surface area (TPSA) is 82.8 Å². The lowest BCUT2D eigenvalue weighted by atomic mass is 9.99. The van der Waals surface area contributed by atoms with E-state index in [1.54, 1.807) is 56.5 Å². The molecule has 1 aromatic heterocycles. The predicted octanol–water partition coefficient (Wildman–Crippen LogP) is 4.85. The molecule has 0 atom stereocenters. The molecule has 0 radical (unpaired) electrons. The summed E-state index contributed by atoms with van der Waals surface area (Å²) in [5.41, 5.74) is 2.55. The van der Waals surface area contributed by atoms with Crippen LogP contribution in [-0.2, 0) is 10.1 Å². The third kappa shape index (κ3) is 4.04. The quantitative estimate of drug-likeness (QED) is 0.328. The van der Waals surface area contributed by atoms with Crippen LogP contribution in [0.2, 0.25) is 0 Å². The van der Waals surface area contributed by atoms with Gasteiger partial charge in [-0.05, 0) is 67.4 Å². The van der Waals surface area contributed by atoms with E-state index < -0.39 is 15.7 Å². The van der Waals surface area contributed by atoms with Crippen LogP contribution < -0.4 is 14.5 Å². The molecule has 4 rings (SSSR count). The third-order valence-electron chi connectivity index (χ3n) is 5.03. The van der Waals surface area contributed by atoms with Gasteiger partial charge in [0.15, 0.2) is 0 Å². The lowest BCUT2D eigenvalue weighted by Crippen LogP contribution is -2.10. The molecule has 3 aromatic carbocycles. The monoisotopic (exact) mass is 436 g/mol. The van der Waals surface area contributed by atoms with E-state index in [0.29, 0.717) is 33.4 Å². The van der Waals surface area contributed by atoms with Gasteiger partial charge < -0.3 is 13.3 Å². The van der Waals surface area contributed by atoms with Gasteiger partial charge in [-0.15, -0.1) is 0 Å². The Balaban J connectivity index is 1.77. The number of ether oxygens (including phenoxy) is 1. The van der Waals surface area contributed by atoms with E-state index in [1.807, 2.05) is 6.92 Å². The van der Waals surface area contributed by atoms with Gasteiger partial charge in [0.05, 0.1) is 12.7 Å². The Bertz CT molecular complexity index is 1420.